The van der Waals surface area contributed by atoms with Gasteiger partial charge >= 0.3 is 0 Å². The summed E-state index contributed by atoms with van der Waals surface area (Å²) in [5.74, 6) is -2.68. The Kier molecular flexibility index (Phi) is 4.96. The normalized spacial score (nSPS) is 13.1. The highest BCUT2D eigenvalue weighted by Gasteiger charge is 2.17. The quantitative estimate of drug-likeness (QED) is 0.783. The zero-order valence-electron chi connectivity index (χ0n) is 9.93. The maximum absolute atomic E-state index is 13.5. The summed E-state index contributed by atoms with van der Waals surface area (Å²) >= 11 is 0. The second kappa shape index (κ2) is 6.02. The lowest BCUT2D eigenvalue weighted by Gasteiger charge is -2.19. The van der Waals surface area contributed by atoms with Gasteiger partial charge < -0.3 is 11.1 Å². The van der Waals surface area contributed by atoms with Crippen molar-refractivity contribution >= 4 is 0 Å². The zero-order valence-corrected chi connectivity index (χ0v) is 9.93. The van der Waals surface area contributed by atoms with E-state index in [0.29, 0.717) is 18.5 Å². The van der Waals surface area contributed by atoms with Crippen molar-refractivity contribution in [2.24, 2.45) is 11.7 Å². The van der Waals surface area contributed by atoms with E-state index in [1.54, 1.807) is 0 Å². The molecule has 1 aromatic rings. The van der Waals surface area contributed by atoms with Gasteiger partial charge in [0.25, 0.3) is 0 Å². The molecule has 1 unspecified atom stereocenters. The minimum Gasteiger partial charge on any atom is -0.329 e. The van der Waals surface area contributed by atoms with Gasteiger partial charge in [-0.05, 0) is 18.5 Å². The summed E-state index contributed by atoms with van der Waals surface area (Å²) in [5.41, 5.74) is 5.56. The van der Waals surface area contributed by atoms with Crippen LogP contribution in [0.4, 0.5) is 13.2 Å². The molecule has 0 aromatic heterocycles. The molecule has 0 aliphatic heterocycles. The topological polar surface area (TPSA) is 38.0 Å². The van der Waals surface area contributed by atoms with Crippen molar-refractivity contribution in [1.29, 1.82) is 0 Å². The first kappa shape index (κ1) is 14.0. The lowest BCUT2D eigenvalue weighted by atomic mass is 10.0. The molecule has 96 valence electrons. The monoisotopic (exact) mass is 246 g/mol. The molecule has 5 heteroatoms. The fraction of sp³-hybridized carbons (Fsp3) is 0.500. The maximum atomic E-state index is 13.5. The van der Waals surface area contributed by atoms with Crippen LogP contribution in [0.15, 0.2) is 12.1 Å². The highest BCUT2D eigenvalue weighted by molar-refractivity contribution is 5.23. The summed E-state index contributed by atoms with van der Waals surface area (Å²) in [5, 5.41) is 3.02. The van der Waals surface area contributed by atoms with Crippen molar-refractivity contribution in [2.45, 2.75) is 19.9 Å². The molecule has 2 nitrogen and oxygen atoms in total. The first-order valence-corrected chi connectivity index (χ1v) is 5.53. The third-order valence-electron chi connectivity index (χ3n) is 2.42. The molecule has 17 heavy (non-hydrogen) atoms. The van der Waals surface area contributed by atoms with Crippen LogP contribution in [0.2, 0.25) is 0 Å². The van der Waals surface area contributed by atoms with Crippen molar-refractivity contribution in [3.8, 4) is 0 Å². The smallest absolute Gasteiger partial charge is 0.161 e. The van der Waals surface area contributed by atoms with Crippen molar-refractivity contribution < 1.29 is 13.2 Å². The van der Waals surface area contributed by atoms with Crippen LogP contribution in [0.3, 0.4) is 0 Å². The van der Waals surface area contributed by atoms with Gasteiger partial charge in [-0.25, -0.2) is 13.2 Å². The fourth-order valence-electron chi connectivity index (χ4n) is 1.50. The average molecular weight is 246 g/mol. The van der Waals surface area contributed by atoms with Crippen LogP contribution in [0.25, 0.3) is 0 Å². The summed E-state index contributed by atoms with van der Waals surface area (Å²) in [7, 11) is 0. The van der Waals surface area contributed by atoms with E-state index in [4.69, 9.17) is 5.73 Å². The van der Waals surface area contributed by atoms with Gasteiger partial charge in [0.2, 0.25) is 0 Å². The molecule has 0 fully saturated rings. The second-order valence-corrected chi connectivity index (χ2v) is 4.38. The molecule has 0 aliphatic rings. The summed E-state index contributed by atoms with van der Waals surface area (Å²) in [6.07, 6.45) is 0. The standard InChI is InChI=1S/C12H17F3N2/c1-7(2)6-17-12(5-16)8-3-10(14)11(15)4-9(8)13/h3-4,7,12,17H,5-6,16H2,1-2H3. The number of nitrogens with two attached hydrogens (primary N) is 1. The van der Waals surface area contributed by atoms with Crippen molar-refractivity contribution in [3.63, 3.8) is 0 Å². The summed E-state index contributed by atoms with van der Waals surface area (Å²) in [4.78, 5) is 0. The van der Waals surface area contributed by atoms with Crippen LogP contribution in [0, 0.1) is 23.4 Å². The molecule has 1 aromatic carbocycles. The second-order valence-electron chi connectivity index (χ2n) is 4.38. The molecule has 1 rings (SSSR count). The van der Waals surface area contributed by atoms with Crippen LogP contribution in [-0.2, 0) is 0 Å². The zero-order chi connectivity index (χ0) is 13.0. The Labute approximate surface area is 99.0 Å². The molecule has 0 saturated carbocycles. The third-order valence-corrected chi connectivity index (χ3v) is 2.42. The lowest BCUT2D eigenvalue weighted by Crippen LogP contribution is -2.31. The predicted octanol–water partition coefficient (Wildman–Crippen LogP) is 2.35. The number of nitrogens with one attached hydrogen (secondary N) is 1. The Balaban J connectivity index is 2.91. The van der Waals surface area contributed by atoms with E-state index in [1.165, 1.54) is 0 Å². The number of hydrogen-bond donors (Lipinski definition) is 2. The molecular weight excluding hydrogens is 229 g/mol. The lowest BCUT2D eigenvalue weighted by molar-refractivity contribution is 0.446. The maximum Gasteiger partial charge on any atom is 0.161 e. The van der Waals surface area contributed by atoms with Gasteiger partial charge in [-0.15, -0.1) is 0 Å². The summed E-state index contributed by atoms with van der Waals surface area (Å²) in [6.45, 7) is 4.72. The molecule has 0 heterocycles. The van der Waals surface area contributed by atoms with Crippen molar-refractivity contribution in [2.75, 3.05) is 13.1 Å². The van der Waals surface area contributed by atoms with Gasteiger partial charge in [0, 0.05) is 24.2 Å². The van der Waals surface area contributed by atoms with Gasteiger partial charge in [0.05, 0.1) is 0 Å². The van der Waals surface area contributed by atoms with Gasteiger partial charge in [0.1, 0.15) is 5.82 Å². The van der Waals surface area contributed by atoms with Crippen LogP contribution in [0.1, 0.15) is 25.5 Å². The molecule has 0 radical (unpaired) electrons. The van der Waals surface area contributed by atoms with Gasteiger partial charge in [-0.1, -0.05) is 13.8 Å². The molecule has 0 saturated heterocycles. The molecule has 1 atom stereocenters. The SMILES string of the molecule is CC(C)CNC(CN)c1cc(F)c(F)cc1F. The third kappa shape index (κ3) is 3.71. The Morgan fingerprint density at radius 2 is 1.71 bits per heavy atom. The summed E-state index contributed by atoms with van der Waals surface area (Å²) < 4.78 is 39.3. The largest absolute Gasteiger partial charge is 0.329 e. The van der Waals surface area contributed by atoms with Crippen LogP contribution < -0.4 is 11.1 Å². The molecule has 3 N–H and O–H groups in total. The van der Waals surface area contributed by atoms with E-state index in [0.717, 1.165) is 6.07 Å². The number of benzene rings is 1. The first-order valence-electron chi connectivity index (χ1n) is 5.53. The minimum absolute atomic E-state index is 0.0621. The fourth-order valence-corrected chi connectivity index (χ4v) is 1.50. The number of halogens is 3. The van der Waals surface area contributed by atoms with Crippen LogP contribution in [0.5, 0.6) is 0 Å². The van der Waals surface area contributed by atoms with E-state index in [-0.39, 0.29) is 12.1 Å². The Bertz CT molecular complexity index is 380. The van der Waals surface area contributed by atoms with Crippen LogP contribution >= 0.6 is 0 Å². The Morgan fingerprint density at radius 1 is 1.12 bits per heavy atom. The average Bonchev–Trinajstić information content (AvgIpc) is 2.25. The Morgan fingerprint density at radius 3 is 2.24 bits per heavy atom. The molecule has 0 spiro atoms. The first-order chi connectivity index (χ1) is 7.95. The van der Waals surface area contributed by atoms with E-state index >= 15 is 0 Å². The van der Waals surface area contributed by atoms with Crippen molar-refractivity contribution in [1.82, 2.24) is 5.32 Å². The predicted molar refractivity (Wildman–Crippen MR) is 61.0 cm³/mol. The van der Waals surface area contributed by atoms with Gasteiger partial charge in [0.15, 0.2) is 11.6 Å². The molecular formula is C12H17F3N2. The summed E-state index contributed by atoms with van der Waals surface area (Å²) in [6, 6.07) is 0.896. The van der Waals surface area contributed by atoms with Crippen LogP contribution in [-0.4, -0.2) is 13.1 Å². The van der Waals surface area contributed by atoms with E-state index < -0.39 is 23.5 Å². The Hall–Kier alpha value is -1.07. The molecule has 0 amide bonds. The number of rotatable bonds is 5. The van der Waals surface area contributed by atoms with E-state index in [1.807, 2.05) is 13.8 Å². The highest BCUT2D eigenvalue weighted by Crippen LogP contribution is 2.20. The molecule has 0 aliphatic carbocycles. The van der Waals surface area contributed by atoms with Gasteiger partial charge in [-0.3, -0.25) is 0 Å². The number of hydrogen-bond acceptors (Lipinski definition) is 2. The van der Waals surface area contributed by atoms with E-state index in [2.05, 4.69) is 5.32 Å². The minimum atomic E-state index is -1.19. The highest BCUT2D eigenvalue weighted by atomic mass is 19.2. The van der Waals surface area contributed by atoms with Crippen molar-refractivity contribution in [3.05, 3.63) is 35.1 Å². The van der Waals surface area contributed by atoms with E-state index in [9.17, 15) is 13.2 Å². The molecule has 0 bridgehead atoms. The van der Waals surface area contributed by atoms with Gasteiger partial charge in [-0.2, -0.15) is 0 Å².